The van der Waals surface area contributed by atoms with Crippen molar-refractivity contribution in [2.24, 2.45) is 0 Å². The third-order valence-electron chi connectivity index (χ3n) is 5.03. The predicted octanol–water partition coefficient (Wildman–Crippen LogP) is 7.77. The summed E-state index contributed by atoms with van der Waals surface area (Å²) in [6, 6.07) is 14.2. The molecule has 0 aliphatic heterocycles. The maximum atomic E-state index is 13.5. The minimum absolute atomic E-state index is 0.267. The molecule has 3 aromatic rings. The van der Waals surface area contributed by atoms with Crippen molar-refractivity contribution in [3.63, 3.8) is 0 Å². The number of alkyl halides is 3. The fourth-order valence-electron chi connectivity index (χ4n) is 3.46. The maximum Gasteiger partial charge on any atom is 0.399 e. The average Bonchev–Trinajstić information content (AvgIpc) is 2.75. The SMILES string of the molecule is CNCc1ccc(Cl)nc1.Cc1cc(C)cc(C(/C=C/c2ccc(C=S)c(C)c2)C(F)(F)F)c1. The highest BCUT2D eigenvalue weighted by Gasteiger charge is 2.39. The fourth-order valence-corrected chi connectivity index (χ4v) is 3.83. The Morgan fingerprint density at radius 1 is 1.03 bits per heavy atom. The zero-order valence-corrected chi connectivity index (χ0v) is 21.2. The topological polar surface area (TPSA) is 24.9 Å². The lowest BCUT2D eigenvalue weighted by molar-refractivity contribution is -0.139. The zero-order valence-electron chi connectivity index (χ0n) is 19.6. The number of allylic oxidation sites excluding steroid dienone is 1. The van der Waals surface area contributed by atoms with Crippen molar-refractivity contribution in [2.75, 3.05) is 7.05 Å². The van der Waals surface area contributed by atoms with Gasteiger partial charge in [0.05, 0.1) is 5.92 Å². The highest BCUT2D eigenvalue weighted by Crippen LogP contribution is 2.37. The first-order valence-electron chi connectivity index (χ1n) is 10.7. The molecule has 0 amide bonds. The van der Waals surface area contributed by atoms with Crippen LogP contribution in [0.2, 0.25) is 5.15 Å². The molecule has 1 N–H and O–H groups in total. The fraction of sp³-hybridized carbons (Fsp3) is 0.259. The van der Waals surface area contributed by atoms with Crippen LogP contribution in [0, 0.1) is 20.8 Å². The lowest BCUT2D eigenvalue weighted by Gasteiger charge is -2.18. The summed E-state index contributed by atoms with van der Waals surface area (Å²) in [5.74, 6) is -1.62. The second-order valence-electron chi connectivity index (χ2n) is 8.05. The highest BCUT2D eigenvalue weighted by molar-refractivity contribution is 7.79. The Labute approximate surface area is 209 Å². The van der Waals surface area contributed by atoms with Crippen LogP contribution in [0.15, 0.2) is 60.8 Å². The summed E-state index contributed by atoms with van der Waals surface area (Å²) in [6.45, 7) is 6.34. The number of hydrogen-bond acceptors (Lipinski definition) is 3. The van der Waals surface area contributed by atoms with E-state index in [9.17, 15) is 13.2 Å². The molecule has 0 bridgehead atoms. The molecule has 0 saturated carbocycles. The van der Waals surface area contributed by atoms with E-state index in [4.69, 9.17) is 23.8 Å². The predicted molar refractivity (Wildman–Crippen MR) is 140 cm³/mol. The molecule has 1 aromatic heterocycles. The average molecular weight is 505 g/mol. The van der Waals surface area contributed by atoms with Crippen molar-refractivity contribution in [1.29, 1.82) is 0 Å². The lowest BCUT2D eigenvalue weighted by Crippen LogP contribution is -2.19. The number of aryl methyl sites for hydroxylation is 3. The molecule has 1 unspecified atom stereocenters. The molecule has 0 aliphatic rings. The molecule has 1 atom stereocenters. The third kappa shape index (κ3) is 8.67. The standard InChI is InChI=1S/C20H19F3S.C7H9ClN2/c1-13-8-14(2)10-18(9-13)19(20(21,22)23)7-5-16-4-6-17(12-24)15(3)11-16;1-9-4-6-2-3-7(8)10-5-6/h4-12,19H,1-3H3;2-3,5,9H,4H2,1H3/b7-5+;. The molecule has 2 nitrogen and oxygen atoms in total. The number of rotatable bonds is 6. The van der Waals surface area contributed by atoms with Gasteiger partial charge in [-0.15, -0.1) is 0 Å². The van der Waals surface area contributed by atoms with Gasteiger partial charge >= 0.3 is 6.18 Å². The van der Waals surface area contributed by atoms with Gasteiger partial charge in [-0.2, -0.15) is 13.2 Å². The van der Waals surface area contributed by atoms with Crippen molar-refractivity contribution in [2.45, 2.75) is 39.4 Å². The molecule has 0 radical (unpaired) electrons. The largest absolute Gasteiger partial charge is 0.399 e. The Balaban J connectivity index is 0.000000340. The van der Waals surface area contributed by atoms with Crippen molar-refractivity contribution >= 4 is 35.3 Å². The van der Waals surface area contributed by atoms with E-state index in [2.05, 4.69) is 10.3 Å². The van der Waals surface area contributed by atoms with Crippen LogP contribution in [0.5, 0.6) is 0 Å². The van der Waals surface area contributed by atoms with Crippen molar-refractivity contribution in [3.8, 4) is 0 Å². The number of pyridine rings is 1. The van der Waals surface area contributed by atoms with Crippen LogP contribution in [0.25, 0.3) is 6.08 Å². The van der Waals surface area contributed by atoms with Gasteiger partial charge in [0.15, 0.2) is 0 Å². The molecule has 1 heterocycles. The van der Waals surface area contributed by atoms with E-state index in [0.717, 1.165) is 39.9 Å². The van der Waals surface area contributed by atoms with Crippen molar-refractivity contribution in [1.82, 2.24) is 10.3 Å². The van der Waals surface area contributed by atoms with Crippen molar-refractivity contribution < 1.29 is 13.2 Å². The zero-order chi connectivity index (χ0) is 25.3. The van der Waals surface area contributed by atoms with Crippen LogP contribution >= 0.6 is 23.8 Å². The summed E-state index contributed by atoms with van der Waals surface area (Å²) in [5.41, 5.74) is 5.65. The number of aromatic nitrogens is 1. The summed E-state index contributed by atoms with van der Waals surface area (Å²) in [5, 5.41) is 5.13. The van der Waals surface area contributed by atoms with Gasteiger partial charge in [0.2, 0.25) is 0 Å². The summed E-state index contributed by atoms with van der Waals surface area (Å²) < 4.78 is 40.5. The Hall–Kier alpha value is -2.54. The van der Waals surface area contributed by atoms with Gasteiger partial charge in [0.25, 0.3) is 0 Å². The number of benzene rings is 2. The van der Waals surface area contributed by atoms with Gasteiger partial charge < -0.3 is 5.32 Å². The van der Waals surface area contributed by atoms with Gasteiger partial charge in [0.1, 0.15) is 5.15 Å². The first-order valence-corrected chi connectivity index (χ1v) is 11.5. The summed E-state index contributed by atoms with van der Waals surface area (Å²) in [7, 11) is 1.90. The van der Waals surface area contributed by atoms with Crippen LogP contribution in [0.4, 0.5) is 13.2 Å². The van der Waals surface area contributed by atoms with Crippen LogP contribution in [-0.4, -0.2) is 23.6 Å². The Morgan fingerprint density at radius 3 is 2.21 bits per heavy atom. The Kier molecular flexibility index (Phi) is 10.4. The molecular formula is C27H28ClF3N2S. The van der Waals surface area contributed by atoms with E-state index in [-0.39, 0.29) is 5.56 Å². The molecule has 3 rings (SSSR count). The van der Waals surface area contributed by atoms with Gasteiger partial charge in [0, 0.05) is 18.1 Å². The van der Waals surface area contributed by atoms with Crippen LogP contribution in [0.3, 0.4) is 0 Å². The second kappa shape index (κ2) is 12.8. The summed E-state index contributed by atoms with van der Waals surface area (Å²) >= 11 is 10.5. The molecule has 0 saturated heterocycles. The lowest BCUT2D eigenvalue weighted by atomic mass is 9.93. The molecule has 0 fully saturated rings. The molecule has 0 spiro atoms. The first-order chi connectivity index (χ1) is 16.0. The smallest absolute Gasteiger partial charge is 0.316 e. The Bertz CT molecular complexity index is 1110. The number of nitrogens with zero attached hydrogens (tertiary/aromatic N) is 1. The number of nitrogens with one attached hydrogen (secondary N) is 1. The summed E-state index contributed by atoms with van der Waals surface area (Å²) in [6.07, 6.45) is 0.176. The molecule has 180 valence electrons. The van der Waals surface area contributed by atoms with Crippen LogP contribution < -0.4 is 5.32 Å². The van der Waals surface area contributed by atoms with E-state index in [1.165, 1.54) is 12.2 Å². The van der Waals surface area contributed by atoms with Gasteiger partial charge in [-0.05, 0) is 61.7 Å². The monoisotopic (exact) mass is 504 g/mol. The molecule has 7 heteroatoms. The Morgan fingerprint density at radius 2 is 1.71 bits per heavy atom. The normalized spacial score (nSPS) is 12.2. The van der Waals surface area contributed by atoms with Gasteiger partial charge in [-0.1, -0.05) is 89.6 Å². The number of hydrogen-bond donors (Lipinski definition) is 1. The highest BCUT2D eigenvalue weighted by atomic mass is 35.5. The third-order valence-corrected chi connectivity index (χ3v) is 5.50. The van der Waals surface area contributed by atoms with Gasteiger partial charge in [-0.25, -0.2) is 4.98 Å². The number of thiocarbonyl (C=S) groups is 1. The minimum atomic E-state index is -4.33. The van der Waals surface area contributed by atoms with E-state index < -0.39 is 12.1 Å². The minimum Gasteiger partial charge on any atom is -0.316 e. The summed E-state index contributed by atoms with van der Waals surface area (Å²) in [4.78, 5) is 3.92. The van der Waals surface area contributed by atoms with Crippen LogP contribution in [-0.2, 0) is 6.54 Å². The van der Waals surface area contributed by atoms with Gasteiger partial charge in [-0.3, -0.25) is 0 Å². The quantitative estimate of drug-likeness (QED) is 0.274. The molecular weight excluding hydrogens is 477 g/mol. The van der Waals surface area contributed by atoms with Crippen LogP contribution in [0.1, 0.15) is 44.9 Å². The maximum absolute atomic E-state index is 13.5. The van der Waals surface area contributed by atoms with E-state index in [1.807, 2.05) is 38.2 Å². The first kappa shape index (κ1) is 27.7. The molecule has 0 aliphatic carbocycles. The second-order valence-corrected chi connectivity index (χ2v) is 8.68. The molecule has 2 aromatic carbocycles. The van der Waals surface area contributed by atoms with Crippen molar-refractivity contribution in [3.05, 3.63) is 105 Å². The van der Waals surface area contributed by atoms with E-state index in [1.54, 1.807) is 49.7 Å². The number of halogens is 4. The molecule has 34 heavy (non-hydrogen) atoms. The van der Waals surface area contributed by atoms with E-state index in [0.29, 0.717) is 5.15 Å². The van der Waals surface area contributed by atoms with E-state index >= 15 is 0 Å².